The average molecular weight is 360 g/mol. The molecule has 1 spiro atoms. The Balaban J connectivity index is 0.000000313. The first kappa shape index (κ1) is 21.4. The van der Waals surface area contributed by atoms with Gasteiger partial charge in [0.2, 0.25) is 11.8 Å². The van der Waals surface area contributed by atoms with Gasteiger partial charge < -0.3 is 14.9 Å². The smallest absolute Gasteiger partial charge is 0.323 e. The molecule has 142 valence electrons. The van der Waals surface area contributed by atoms with Crippen molar-refractivity contribution in [1.82, 2.24) is 9.80 Å². The van der Waals surface area contributed by atoms with E-state index in [4.69, 9.17) is 5.11 Å². The van der Waals surface area contributed by atoms with Crippen molar-refractivity contribution in [2.75, 3.05) is 19.6 Å². The summed E-state index contributed by atoms with van der Waals surface area (Å²) in [5, 5.41) is 8.70. The maximum absolute atomic E-state index is 12.1. The second-order valence-corrected chi connectivity index (χ2v) is 6.00. The summed E-state index contributed by atoms with van der Waals surface area (Å²) in [6.45, 7) is 9.85. The largest absolute Gasteiger partial charge is 0.480 e. The molecule has 1 aliphatic heterocycles. The van der Waals surface area contributed by atoms with Gasteiger partial charge in [-0.25, -0.2) is 0 Å². The number of piperazine rings is 1. The fraction of sp³-hybridized carbons (Fsp3) is 0.450. The molecule has 26 heavy (non-hydrogen) atoms. The second-order valence-electron chi connectivity index (χ2n) is 6.00. The third-order valence-electron chi connectivity index (χ3n) is 4.23. The number of hydrogen-bond donors (Lipinski definition) is 1. The summed E-state index contributed by atoms with van der Waals surface area (Å²) in [7, 11) is 0. The van der Waals surface area contributed by atoms with E-state index >= 15 is 0 Å². The lowest BCUT2D eigenvalue weighted by Crippen LogP contribution is -2.61. The predicted molar refractivity (Wildman–Crippen MR) is 101 cm³/mol. The minimum Gasteiger partial charge on any atom is -0.480 e. The molecule has 6 heteroatoms. The van der Waals surface area contributed by atoms with Crippen LogP contribution in [0.1, 0.15) is 32.3 Å². The Kier molecular flexibility index (Phi) is 8.03. The molecule has 3 rings (SSSR count). The molecule has 2 fully saturated rings. The van der Waals surface area contributed by atoms with Crippen LogP contribution in [0.25, 0.3) is 0 Å². The summed E-state index contributed by atoms with van der Waals surface area (Å²) in [5.41, 5.74) is 0.543. The van der Waals surface area contributed by atoms with Crippen molar-refractivity contribution < 1.29 is 19.5 Å². The molecule has 0 radical (unpaired) electrons. The van der Waals surface area contributed by atoms with Crippen LogP contribution in [0.3, 0.4) is 0 Å². The van der Waals surface area contributed by atoms with Crippen LogP contribution in [0, 0.1) is 6.92 Å². The van der Waals surface area contributed by atoms with Gasteiger partial charge in [-0.1, -0.05) is 56.3 Å². The van der Waals surface area contributed by atoms with Gasteiger partial charge in [0.15, 0.2) is 0 Å². The molecular weight excluding hydrogens is 332 g/mol. The van der Waals surface area contributed by atoms with Crippen LogP contribution in [0.5, 0.6) is 0 Å². The third-order valence-corrected chi connectivity index (χ3v) is 4.23. The van der Waals surface area contributed by atoms with Gasteiger partial charge in [-0.2, -0.15) is 0 Å². The van der Waals surface area contributed by atoms with Crippen molar-refractivity contribution in [2.45, 2.75) is 39.2 Å². The maximum atomic E-state index is 12.1. The van der Waals surface area contributed by atoms with E-state index in [-0.39, 0.29) is 24.9 Å². The lowest BCUT2D eigenvalue weighted by molar-refractivity contribution is -0.155. The molecule has 1 saturated heterocycles. The van der Waals surface area contributed by atoms with E-state index in [1.165, 1.54) is 21.4 Å². The van der Waals surface area contributed by atoms with Crippen LogP contribution in [-0.2, 0) is 14.4 Å². The zero-order valence-corrected chi connectivity index (χ0v) is 15.8. The van der Waals surface area contributed by atoms with Gasteiger partial charge in [0.05, 0.1) is 0 Å². The number of nitrogens with zero attached hydrogens (tertiary/aromatic N) is 2. The summed E-state index contributed by atoms with van der Waals surface area (Å²) >= 11 is 0. The van der Waals surface area contributed by atoms with Gasteiger partial charge in [-0.05, 0) is 25.8 Å². The first-order valence-electron chi connectivity index (χ1n) is 8.87. The van der Waals surface area contributed by atoms with Crippen molar-refractivity contribution in [1.29, 1.82) is 0 Å². The number of amides is 2. The minimum atomic E-state index is -1.03. The van der Waals surface area contributed by atoms with Gasteiger partial charge in [-0.15, -0.1) is 0 Å². The van der Waals surface area contributed by atoms with Gasteiger partial charge in [0.1, 0.15) is 12.1 Å². The summed E-state index contributed by atoms with van der Waals surface area (Å²) in [5.74, 6) is -1.54. The predicted octanol–water partition coefficient (Wildman–Crippen LogP) is 2.48. The molecule has 6 nitrogen and oxygen atoms in total. The van der Waals surface area contributed by atoms with E-state index in [1.807, 2.05) is 32.0 Å². The number of carbonyl (C=O) groups excluding carboxylic acids is 2. The highest BCUT2D eigenvalue weighted by Gasteiger charge is 2.59. The molecule has 0 unspecified atom stereocenters. The Morgan fingerprint density at radius 3 is 2.15 bits per heavy atom. The lowest BCUT2D eigenvalue weighted by atomic mass is 10.1. The van der Waals surface area contributed by atoms with Crippen molar-refractivity contribution in [3.05, 3.63) is 48.6 Å². The summed E-state index contributed by atoms with van der Waals surface area (Å²) in [4.78, 5) is 37.2. The Morgan fingerprint density at radius 2 is 1.77 bits per heavy atom. The highest BCUT2D eigenvalue weighted by atomic mass is 16.4. The zero-order chi connectivity index (χ0) is 19.7. The number of benzene rings is 1. The van der Waals surface area contributed by atoms with E-state index in [0.29, 0.717) is 19.4 Å². The van der Waals surface area contributed by atoms with Crippen LogP contribution >= 0.6 is 0 Å². The third kappa shape index (κ3) is 5.18. The fourth-order valence-electron chi connectivity index (χ4n) is 2.83. The first-order chi connectivity index (χ1) is 12.4. The molecule has 1 aromatic rings. The van der Waals surface area contributed by atoms with Crippen LogP contribution in [-0.4, -0.2) is 57.9 Å². The average Bonchev–Trinajstić information content (AvgIpc) is 3.43. The van der Waals surface area contributed by atoms with E-state index in [9.17, 15) is 14.4 Å². The standard InChI is InChI=1S/C11H14N2O4.C7H8.C2H6/c1-2-8(14)13-6-5-12(7-9(15)16)10(17)11(13)3-4-11;1-7-5-3-2-4-6-7;1-2/h2H,1,3-7H2,(H,15,16);2-6H,1H3;1-2H3. The number of carboxylic acid groups (broad SMARTS) is 1. The fourth-order valence-corrected chi connectivity index (χ4v) is 2.83. The van der Waals surface area contributed by atoms with E-state index in [1.54, 1.807) is 0 Å². The number of rotatable bonds is 3. The first-order valence-corrected chi connectivity index (χ1v) is 8.87. The van der Waals surface area contributed by atoms with Crippen molar-refractivity contribution >= 4 is 17.8 Å². The summed E-state index contributed by atoms with van der Waals surface area (Å²) in [6.07, 6.45) is 2.42. The highest BCUT2D eigenvalue weighted by molar-refractivity contribution is 5.99. The number of aryl methyl sites for hydroxylation is 1. The number of carbonyl (C=O) groups is 3. The molecule has 1 N–H and O–H groups in total. The van der Waals surface area contributed by atoms with Gasteiger partial charge in [-0.3, -0.25) is 14.4 Å². The van der Waals surface area contributed by atoms with Gasteiger partial charge in [0.25, 0.3) is 0 Å². The second kappa shape index (κ2) is 9.75. The molecule has 1 saturated carbocycles. The monoisotopic (exact) mass is 360 g/mol. The molecule has 0 atom stereocenters. The van der Waals surface area contributed by atoms with E-state index < -0.39 is 11.5 Å². The van der Waals surface area contributed by atoms with Crippen molar-refractivity contribution in [3.63, 3.8) is 0 Å². The number of hydrogen-bond acceptors (Lipinski definition) is 3. The van der Waals surface area contributed by atoms with Crippen LogP contribution in [0.2, 0.25) is 0 Å². The Bertz CT molecular complexity index is 638. The topological polar surface area (TPSA) is 77.9 Å². The Morgan fingerprint density at radius 1 is 1.19 bits per heavy atom. The minimum absolute atomic E-state index is 0.249. The quantitative estimate of drug-likeness (QED) is 0.840. The van der Waals surface area contributed by atoms with E-state index in [0.717, 1.165) is 0 Å². The van der Waals surface area contributed by atoms with Crippen LogP contribution in [0.4, 0.5) is 0 Å². The highest BCUT2D eigenvalue weighted by Crippen LogP contribution is 2.45. The molecule has 2 aliphatic rings. The van der Waals surface area contributed by atoms with Crippen LogP contribution < -0.4 is 0 Å². The maximum Gasteiger partial charge on any atom is 0.323 e. The Labute approximate surface area is 155 Å². The van der Waals surface area contributed by atoms with E-state index in [2.05, 4.69) is 25.6 Å². The summed E-state index contributed by atoms with van der Waals surface area (Å²) in [6, 6.07) is 10.3. The normalized spacial score (nSPS) is 16.7. The molecular formula is C20H28N2O4. The molecule has 2 amide bonds. The van der Waals surface area contributed by atoms with Crippen LogP contribution in [0.15, 0.2) is 43.0 Å². The SMILES string of the molecule is C=CC(=O)N1CCN(CC(=O)O)C(=O)C12CC2.CC.Cc1ccccc1. The molecule has 0 aromatic heterocycles. The lowest BCUT2D eigenvalue weighted by Gasteiger charge is -2.40. The molecule has 1 heterocycles. The Hall–Kier alpha value is -2.63. The van der Waals surface area contributed by atoms with Crippen molar-refractivity contribution in [3.8, 4) is 0 Å². The number of carboxylic acids is 1. The number of aliphatic carboxylic acids is 1. The van der Waals surface area contributed by atoms with Gasteiger partial charge >= 0.3 is 5.97 Å². The molecule has 0 bridgehead atoms. The van der Waals surface area contributed by atoms with Gasteiger partial charge in [0, 0.05) is 13.1 Å². The molecule has 1 aromatic carbocycles. The zero-order valence-electron chi connectivity index (χ0n) is 15.8. The van der Waals surface area contributed by atoms with Crippen molar-refractivity contribution in [2.24, 2.45) is 0 Å². The molecule has 1 aliphatic carbocycles. The summed E-state index contributed by atoms with van der Waals surface area (Å²) < 4.78 is 0.